The Morgan fingerprint density at radius 3 is 1.08 bits per heavy atom. The van der Waals surface area contributed by atoms with Crippen molar-refractivity contribution in [1.82, 2.24) is 9.13 Å². The number of nitrogens with zero attached hydrogens (tertiary/aromatic N) is 2. The van der Waals surface area contributed by atoms with E-state index in [9.17, 15) is 0 Å². The molecule has 370 valence electrons. The van der Waals surface area contributed by atoms with Gasteiger partial charge in [0.05, 0.1) is 0 Å². The van der Waals surface area contributed by atoms with E-state index in [1.165, 1.54) is 114 Å². The van der Waals surface area contributed by atoms with E-state index in [0.29, 0.717) is 0 Å². The van der Waals surface area contributed by atoms with Gasteiger partial charge in [-0.2, -0.15) is 72.8 Å². The molecule has 2 heterocycles. The minimum Gasteiger partial charge on any atom is -0.366 e. The molecule has 1 aliphatic carbocycles. The van der Waals surface area contributed by atoms with Crippen LogP contribution in [0.5, 0.6) is 0 Å². The van der Waals surface area contributed by atoms with Gasteiger partial charge in [0.2, 0.25) is 0 Å². The summed E-state index contributed by atoms with van der Waals surface area (Å²) in [6.07, 6.45) is 27.4. The van der Waals surface area contributed by atoms with E-state index in [0.717, 1.165) is 62.7 Å². The fraction of sp³-hybridized carbons (Fsp3) is 0.246. The Morgan fingerprint density at radius 2 is 0.753 bits per heavy atom. The zero-order valence-electron chi connectivity index (χ0n) is 42.7. The third-order valence-corrected chi connectivity index (χ3v) is 14.6. The number of hydrogen-bond acceptors (Lipinski definition) is 0. The van der Waals surface area contributed by atoms with Crippen molar-refractivity contribution in [2.45, 2.75) is 110 Å². The summed E-state index contributed by atoms with van der Waals surface area (Å²) in [5.41, 5.74) is 17.3. The Morgan fingerprint density at radius 1 is 0.411 bits per heavy atom. The summed E-state index contributed by atoms with van der Waals surface area (Å²) in [6, 6.07) is 66.4. The van der Waals surface area contributed by atoms with Crippen LogP contribution in [0.1, 0.15) is 114 Å². The number of hydrogen-bond donors (Lipinski definition) is 0. The van der Waals surface area contributed by atoms with Crippen LogP contribution in [-0.4, -0.2) is 9.13 Å². The summed E-state index contributed by atoms with van der Waals surface area (Å²) >= 11 is 0. The van der Waals surface area contributed by atoms with Crippen LogP contribution < -0.4 is 0 Å². The van der Waals surface area contributed by atoms with E-state index in [1.54, 1.807) is 0 Å². The molecule has 11 rings (SSSR count). The molecule has 8 aromatic carbocycles. The second kappa shape index (κ2) is 25.7. The Labute approximate surface area is 464 Å². The van der Waals surface area contributed by atoms with Crippen LogP contribution in [0, 0.1) is 36.8 Å². The van der Waals surface area contributed by atoms with E-state index in [4.69, 9.17) is 12.8 Å². The zero-order chi connectivity index (χ0) is 49.2. The summed E-state index contributed by atoms with van der Waals surface area (Å²) in [5.74, 6) is 5.27. The fourth-order valence-corrected chi connectivity index (χ4v) is 11.0. The molecule has 73 heavy (non-hydrogen) atoms. The Balaban J connectivity index is 0.000000490. The summed E-state index contributed by atoms with van der Waals surface area (Å²) in [7, 11) is 0. The molecule has 0 bridgehead atoms. The number of rotatable bonds is 14. The molecule has 0 saturated carbocycles. The number of unbranched alkanes of at least 4 members (excludes halogenated alkanes) is 4. The number of fused-ring (bicyclic) bond motifs is 9. The van der Waals surface area contributed by atoms with E-state index < -0.39 is 0 Å². The molecule has 0 unspecified atom stereocenters. The summed E-state index contributed by atoms with van der Waals surface area (Å²) in [5, 5.41) is 4.88. The Bertz CT molecular complexity index is 3220. The molecule has 0 N–H and O–H groups in total. The molecule has 1 aliphatic rings. The van der Waals surface area contributed by atoms with Crippen LogP contribution in [0.4, 0.5) is 0 Å². The van der Waals surface area contributed by atoms with E-state index in [1.807, 2.05) is 72.8 Å². The van der Waals surface area contributed by atoms with Crippen LogP contribution in [0.25, 0.3) is 77.0 Å². The molecule has 0 amide bonds. The quantitative estimate of drug-likeness (QED) is 0.0759. The molecule has 0 atom stereocenters. The van der Waals surface area contributed by atoms with Gasteiger partial charge in [0.25, 0.3) is 0 Å². The molecule has 0 aliphatic heterocycles. The SMILES string of the molecule is [C-]#Cc1ccc2c(c1)c1cc(-c3ccc4c(c3)-c3cc(-c5ccc6c(c5)c5cc(C#[C-])ccc5n6CCCC)ccc3C4(CCCC)CCCC)ccc1n2CCCC.[Pt+2].[Pt+2].[c-]1ccccc1.[c-]1ccccc1. The number of benzene rings is 8. The van der Waals surface area contributed by atoms with Gasteiger partial charge in [-0.3, -0.25) is 11.8 Å². The molecule has 0 spiro atoms. The number of aryl methyl sites for hydroxylation is 2. The second-order valence-electron chi connectivity index (χ2n) is 19.2. The van der Waals surface area contributed by atoms with E-state index in [-0.39, 0.29) is 47.5 Å². The third-order valence-electron chi connectivity index (χ3n) is 14.6. The second-order valence-corrected chi connectivity index (χ2v) is 19.2. The van der Waals surface area contributed by atoms with E-state index in [2.05, 4.69) is 158 Å². The minimum atomic E-state index is 0. The first-order chi connectivity index (χ1) is 35.0. The summed E-state index contributed by atoms with van der Waals surface area (Å²) in [6.45, 7) is 11.1. The van der Waals surface area contributed by atoms with Crippen molar-refractivity contribution < 1.29 is 42.1 Å². The molecule has 2 aromatic heterocycles. The molecule has 4 heteroatoms. The smallest absolute Gasteiger partial charge is 0.366 e. The van der Waals surface area contributed by atoms with Crippen molar-refractivity contribution in [3.63, 3.8) is 0 Å². The maximum absolute atomic E-state index is 7.88. The monoisotopic (exact) mass is 1310 g/mol. The van der Waals surface area contributed by atoms with Crippen molar-refractivity contribution in [1.29, 1.82) is 0 Å². The summed E-state index contributed by atoms with van der Waals surface area (Å²) < 4.78 is 4.93. The normalized spacial score (nSPS) is 11.8. The van der Waals surface area contributed by atoms with Gasteiger partial charge in [-0.15, -0.1) is 35.4 Å². The fourth-order valence-electron chi connectivity index (χ4n) is 11.0. The van der Waals surface area contributed by atoms with Crippen molar-refractivity contribution in [3.8, 4) is 45.2 Å². The molecule has 10 aromatic rings. The van der Waals surface area contributed by atoms with Gasteiger partial charge in [-0.05, 0) is 117 Å². The van der Waals surface area contributed by atoms with Crippen molar-refractivity contribution >= 4 is 43.6 Å². The third kappa shape index (κ3) is 11.3. The average Bonchev–Trinajstić information content (AvgIpc) is 4.02. The standard InChI is InChI=1S/C57H54N2.2C6H5.2Pt/c1-7-13-29-57(30-14-8-2)51-23-19-41(43-21-27-55-49(37-43)47-33-39(11-5)17-25-53(47)58(55)31-15-9-3)35-45(51)46-36-42(20-24-52(46)57)44-22-28-56-50(38-44)48-34-40(12-6)18-26-54(48)59(56)32-16-10-4;2*1-2-4-6-5-3-1;;/h17-28,33-38H,7-10,13-16,29-32H2,1-4H3;2*1-5H;;/q-2;2*-1;2*+2. The topological polar surface area (TPSA) is 9.86 Å². The predicted octanol–water partition coefficient (Wildman–Crippen LogP) is 18.3. The predicted molar refractivity (Wildman–Crippen MR) is 301 cm³/mol. The average molecular weight is 1310 g/mol. The Kier molecular flexibility index (Phi) is 19.2. The van der Waals surface area contributed by atoms with Crippen LogP contribution in [0.3, 0.4) is 0 Å². The molecule has 2 nitrogen and oxygen atoms in total. The number of aromatic nitrogens is 2. The van der Waals surface area contributed by atoms with Crippen LogP contribution in [0.2, 0.25) is 0 Å². The molecular formula is C69H64N2Pt2. The summed E-state index contributed by atoms with van der Waals surface area (Å²) in [4.78, 5) is 0. The molecule has 0 radical (unpaired) electrons. The van der Waals surface area contributed by atoms with Gasteiger partial charge in [0.1, 0.15) is 0 Å². The minimum absolute atomic E-state index is 0. The van der Waals surface area contributed by atoms with Crippen LogP contribution in [0.15, 0.2) is 170 Å². The first-order valence-corrected chi connectivity index (χ1v) is 26.1. The van der Waals surface area contributed by atoms with Crippen molar-refractivity contribution in [2.24, 2.45) is 0 Å². The van der Waals surface area contributed by atoms with Crippen molar-refractivity contribution in [2.75, 3.05) is 0 Å². The Hall–Kier alpha value is -6.14. The van der Waals surface area contributed by atoms with Crippen LogP contribution in [-0.2, 0) is 60.6 Å². The van der Waals surface area contributed by atoms with Crippen molar-refractivity contribution in [3.05, 3.63) is 217 Å². The van der Waals surface area contributed by atoms with Gasteiger partial charge in [0.15, 0.2) is 0 Å². The van der Waals surface area contributed by atoms with Gasteiger partial charge in [0, 0.05) is 51.3 Å². The van der Waals surface area contributed by atoms with Gasteiger partial charge >= 0.3 is 42.1 Å². The van der Waals surface area contributed by atoms with Gasteiger partial charge in [-0.1, -0.05) is 115 Å². The first-order valence-electron chi connectivity index (χ1n) is 26.1. The van der Waals surface area contributed by atoms with Crippen LogP contribution >= 0.6 is 0 Å². The maximum atomic E-state index is 7.88. The van der Waals surface area contributed by atoms with Gasteiger partial charge < -0.3 is 22.0 Å². The van der Waals surface area contributed by atoms with Gasteiger partial charge in [-0.25, -0.2) is 0 Å². The first kappa shape index (κ1) is 54.6. The zero-order valence-corrected chi connectivity index (χ0v) is 47.2. The largest absolute Gasteiger partial charge is 2.00 e. The maximum Gasteiger partial charge on any atom is 2.00 e. The molecule has 0 saturated heterocycles. The molecule has 0 fully saturated rings. The molecular weight excluding hydrogens is 1250 g/mol. The van der Waals surface area contributed by atoms with E-state index >= 15 is 0 Å².